The summed E-state index contributed by atoms with van der Waals surface area (Å²) in [6, 6.07) is 3.38. The molecule has 1 aromatic carbocycles. The van der Waals surface area contributed by atoms with Crippen molar-refractivity contribution in [1.82, 2.24) is 0 Å². The molecule has 7 heteroatoms. The Kier molecular flexibility index (Phi) is 3.87. The second-order valence-electron chi connectivity index (χ2n) is 5.20. The van der Waals surface area contributed by atoms with E-state index in [4.69, 9.17) is 5.11 Å². The quantitative estimate of drug-likeness (QED) is 0.618. The zero-order valence-electron chi connectivity index (χ0n) is 10.8. The van der Waals surface area contributed by atoms with Crippen LogP contribution in [-0.4, -0.2) is 22.5 Å². The number of anilines is 1. The van der Waals surface area contributed by atoms with Gasteiger partial charge in [0.1, 0.15) is 0 Å². The van der Waals surface area contributed by atoms with Crippen LogP contribution >= 0.6 is 0 Å². The van der Waals surface area contributed by atoms with E-state index < -0.39 is 16.7 Å². The Bertz CT molecular complexity index is 543. The van der Waals surface area contributed by atoms with Crippen LogP contribution in [0.2, 0.25) is 0 Å². The Labute approximate surface area is 114 Å². The van der Waals surface area contributed by atoms with Crippen LogP contribution < -0.4 is 5.32 Å². The van der Waals surface area contributed by atoms with Crippen LogP contribution in [0.15, 0.2) is 18.2 Å². The zero-order valence-corrected chi connectivity index (χ0v) is 10.8. The Morgan fingerprint density at radius 3 is 2.65 bits per heavy atom. The van der Waals surface area contributed by atoms with Gasteiger partial charge in [0.05, 0.1) is 23.1 Å². The fraction of sp³-hybridized carbons (Fsp3) is 0.462. The Morgan fingerprint density at radius 1 is 1.50 bits per heavy atom. The van der Waals surface area contributed by atoms with Gasteiger partial charge < -0.3 is 10.4 Å². The number of nitrogens with zero attached hydrogens (tertiary/aromatic N) is 1. The first-order valence-corrected chi connectivity index (χ1v) is 6.31. The van der Waals surface area contributed by atoms with Gasteiger partial charge in [0.25, 0.3) is 5.69 Å². The van der Waals surface area contributed by atoms with Crippen LogP contribution in [0.3, 0.4) is 0 Å². The number of hydrogen-bond acceptors (Lipinski definition) is 4. The molecular weight excluding hydrogens is 267 g/mol. The summed E-state index contributed by atoms with van der Waals surface area (Å²) in [6.45, 7) is 0.355. The fourth-order valence-electron chi connectivity index (χ4n) is 2.46. The minimum atomic E-state index is -0.865. The summed E-state index contributed by atoms with van der Waals surface area (Å²) in [5, 5.41) is 22.3. The van der Waals surface area contributed by atoms with E-state index in [-0.39, 0.29) is 23.2 Å². The summed E-state index contributed by atoms with van der Waals surface area (Å²) in [5.41, 5.74) is -0.482. The second-order valence-corrected chi connectivity index (χ2v) is 5.20. The minimum Gasteiger partial charge on any atom is -0.481 e. The van der Waals surface area contributed by atoms with Crippen molar-refractivity contribution in [3.05, 3.63) is 34.1 Å². The molecule has 1 aliphatic carbocycles. The number of benzene rings is 1. The Hall–Kier alpha value is -2.18. The largest absolute Gasteiger partial charge is 0.481 e. The molecular formula is C13H15FN2O4. The molecule has 0 radical (unpaired) electrons. The van der Waals surface area contributed by atoms with Gasteiger partial charge in [0.15, 0.2) is 5.82 Å². The van der Waals surface area contributed by atoms with Crippen LogP contribution in [0.25, 0.3) is 0 Å². The fourth-order valence-corrected chi connectivity index (χ4v) is 2.46. The van der Waals surface area contributed by atoms with Gasteiger partial charge in [-0.2, -0.15) is 0 Å². The number of halogens is 1. The number of hydrogen-bond donors (Lipinski definition) is 2. The Balaban J connectivity index is 2.03. The smallest absolute Gasteiger partial charge is 0.303 e. The van der Waals surface area contributed by atoms with Crippen molar-refractivity contribution in [2.45, 2.75) is 25.7 Å². The van der Waals surface area contributed by atoms with Crippen molar-refractivity contribution in [2.24, 2.45) is 5.41 Å². The molecule has 6 nitrogen and oxygen atoms in total. The monoisotopic (exact) mass is 282 g/mol. The summed E-state index contributed by atoms with van der Waals surface area (Å²) in [5.74, 6) is -1.57. The van der Waals surface area contributed by atoms with E-state index in [9.17, 15) is 19.3 Å². The summed E-state index contributed by atoms with van der Waals surface area (Å²) in [4.78, 5) is 20.7. The standard InChI is InChI=1S/C13H15FN2O4/c14-10-6-9(16(19)20)2-3-11(10)15-8-13(4-1-5-13)7-12(17)18/h2-3,6,15H,1,4-5,7-8H2,(H,17,18). The molecule has 1 fully saturated rings. The average molecular weight is 282 g/mol. The van der Waals surface area contributed by atoms with Crippen LogP contribution in [0, 0.1) is 21.3 Å². The van der Waals surface area contributed by atoms with Crippen LogP contribution in [0.4, 0.5) is 15.8 Å². The van der Waals surface area contributed by atoms with Gasteiger partial charge in [-0.3, -0.25) is 14.9 Å². The second kappa shape index (κ2) is 5.44. The van der Waals surface area contributed by atoms with Gasteiger partial charge in [-0.25, -0.2) is 4.39 Å². The zero-order chi connectivity index (χ0) is 14.8. The summed E-state index contributed by atoms with van der Waals surface area (Å²) < 4.78 is 13.7. The SMILES string of the molecule is O=C(O)CC1(CNc2ccc([N+](=O)[O-])cc2F)CCC1. The van der Waals surface area contributed by atoms with E-state index in [2.05, 4.69) is 5.32 Å². The normalized spacial score (nSPS) is 16.2. The lowest BCUT2D eigenvalue weighted by Crippen LogP contribution is -2.38. The van der Waals surface area contributed by atoms with Gasteiger partial charge in [-0.15, -0.1) is 0 Å². The number of carbonyl (C=O) groups is 1. The molecule has 0 aliphatic heterocycles. The third kappa shape index (κ3) is 3.04. The molecule has 1 aliphatic rings. The van der Waals surface area contributed by atoms with Crippen molar-refractivity contribution in [3.8, 4) is 0 Å². The van der Waals surface area contributed by atoms with Crippen LogP contribution in [0.1, 0.15) is 25.7 Å². The van der Waals surface area contributed by atoms with Gasteiger partial charge in [0, 0.05) is 12.6 Å². The van der Waals surface area contributed by atoms with Crippen molar-refractivity contribution in [1.29, 1.82) is 0 Å². The predicted octanol–water partition coefficient (Wildman–Crippen LogP) is 2.79. The number of nitro groups is 1. The van der Waals surface area contributed by atoms with E-state index in [1.807, 2.05) is 0 Å². The maximum absolute atomic E-state index is 13.7. The van der Waals surface area contributed by atoms with E-state index in [1.165, 1.54) is 12.1 Å². The topological polar surface area (TPSA) is 92.5 Å². The van der Waals surface area contributed by atoms with E-state index in [0.717, 1.165) is 25.3 Å². The summed E-state index contributed by atoms with van der Waals surface area (Å²) in [7, 11) is 0. The van der Waals surface area contributed by atoms with Crippen LogP contribution in [0.5, 0.6) is 0 Å². The molecule has 2 rings (SSSR count). The lowest BCUT2D eigenvalue weighted by Gasteiger charge is -2.41. The molecule has 0 amide bonds. The van der Waals surface area contributed by atoms with Crippen LogP contribution in [-0.2, 0) is 4.79 Å². The van der Waals surface area contributed by atoms with Gasteiger partial charge in [-0.1, -0.05) is 6.42 Å². The summed E-state index contributed by atoms with van der Waals surface area (Å²) >= 11 is 0. The number of carboxylic acids is 1. The number of nitro benzene ring substituents is 1. The maximum atomic E-state index is 13.7. The third-order valence-corrected chi connectivity index (χ3v) is 3.76. The maximum Gasteiger partial charge on any atom is 0.303 e. The lowest BCUT2D eigenvalue weighted by atomic mass is 9.66. The predicted molar refractivity (Wildman–Crippen MR) is 70.1 cm³/mol. The molecule has 0 spiro atoms. The van der Waals surface area contributed by atoms with Crippen molar-refractivity contribution >= 4 is 17.3 Å². The van der Waals surface area contributed by atoms with Gasteiger partial charge in [0.2, 0.25) is 0 Å². The highest BCUT2D eigenvalue weighted by atomic mass is 19.1. The molecule has 2 N–H and O–H groups in total. The first-order valence-electron chi connectivity index (χ1n) is 6.31. The average Bonchev–Trinajstić information content (AvgIpc) is 2.33. The number of carboxylic acid groups (broad SMARTS) is 1. The highest BCUT2D eigenvalue weighted by Gasteiger charge is 2.38. The van der Waals surface area contributed by atoms with Crippen molar-refractivity contribution in [2.75, 3.05) is 11.9 Å². The van der Waals surface area contributed by atoms with E-state index in [1.54, 1.807) is 0 Å². The van der Waals surface area contributed by atoms with Gasteiger partial charge in [-0.05, 0) is 24.3 Å². The number of rotatable bonds is 6. The highest BCUT2D eigenvalue weighted by Crippen LogP contribution is 2.44. The van der Waals surface area contributed by atoms with Crippen molar-refractivity contribution in [3.63, 3.8) is 0 Å². The molecule has 1 aromatic rings. The molecule has 0 unspecified atom stereocenters. The van der Waals surface area contributed by atoms with E-state index in [0.29, 0.717) is 6.54 Å². The number of non-ortho nitro benzene ring substituents is 1. The van der Waals surface area contributed by atoms with Gasteiger partial charge >= 0.3 is 5.97 Å². The molecule has 0 heterocycles. The number of nitrogens with one attached hydrogen (secondary N) is 1. The minimum absolute atomic E-state index is 0.0502. The van der Waals surface area contributed by atoms with E-state index >= 15 is 0 Å². The molecule has 1 saturated carbocycles. The molecule has 108 valence electrons. The number of aliphatic carboxylic acids is 1. The Morgan fingerprint density at radius 2 is 2.20 bits per heavy atom. The summed E-state index contributed by atoms with van der Waals surface area (Å²) in [6.07, 6.45) is 2.61. The van der Waals surface area contributed by atoms with Crippen molar-refractivity contribution < 1.29 is 19.2 Å². The first-order chi connectivity index (χ1) is 9.42. The highest BCUT2D eigenvalue weighted by molar-refractivity contribution is 5.68. The molecule has 0 aromatic heterocycles. The first kappa shape index (κ1) is 14.2. The molecule has 0 saturated heterocycles. The third-order valence-electron chi connectivity index (χ3n) is 3.76. The lowest BCUT2D eigenvalue weighted by molar-refractivity contribution is -0.385. The molecule has 20 heavy (non-hydrogen) atoms. The molecule has 0 bridgehead atoms. The molecule has 0 atom stereocenters.